The third-order valence-corrected chi connectivity index (χ3v) is 3.12. The molecule has 0 saturated heterocycles. The summed E-state index contributed by atoms with van der Waals surface area (Å²) >= 11 is 5.98. The number of para-hydroxylation sites is 1. The zero-order valence-corrected chi connectivity index (χ0v) is 11.7. The molecule has 0 N–H and O–H groups in total. The van der Waals surface area contributed by atoms with Gasteiger partial charge in [-0.3, -0.25) is 0 Å². The van der Waals surface area contributed by atoms with Gasteiger partial charge in [0.25, 0.3) is 0 Å². The molecule has 0 aliphatic rings. The Bertz CT molecular complexity index is 620. The van der Waals surface area contributed by atoms with Crippen LogP contribution in [-0.4, -0.2) is 23.1 Å². The molecule has 0 aliphatic heterocycles. The van der Waals surface area contributed by atoms with E-state index in [0.717, 1.165) is 23.3 Å². The highest BCUT2D eigenvalue weighted by atomic mass is 35.5. The summed E-state index contributed by atoms with van der Waals surface area (Å²) < 4.78 is 0. The zero-order chi connectivity index (χ0) is 13.8. The van der Waals surface area contributed by atoms with Crippen LogP contribution in [0.25, 0.3) is 10.9 Å². The van der Waals surface area contributed by atoms with Crippen molar-refractivity contribution in [1.82, 2.24) is 9.97 Å². The molecule has 4 nitrogen and oxygen atoms in total. The molecule has 0 aliphatic carbocycles. The van der Waals surface area contributed by atoms with Crippen molar-refractivity contribution in [3.05, 3.63) is 29.5 Å². The van der Waals surface area contributed by atoms with Crippen molar-refractivity contribution in [3.8, 4) is 6.07 Å². The van der Waals surface area contributed by atoms with E-state index in [2.05, 4.69) is 20.9 Å². The maximum atomic E-state index is 8.96. The Morgan fingerprint density at radius 1 is 1.37 bits per heavy atom. The Morgan fingerprint density at radius 2 is 2.11 bits per heavy atom. The number of aromatic nitrogens is 2. The molecule has 2 rings (SSSR count). The molecule has 0 saturated carbocycles. The fourth-order valence-corrected chi connectivity index (χ4v) is 2.18. The van der Waals surface area contributed by atoms with Crippen molar-refractivity contribution in [1.29, 1.82) is 5.26 Å². The van der Waals surface area contributed by atoms with Crippen LogP contribution in [-0.2, 0) is 0 Å². The minimum Gasteiger partial charge on any atom is -0.355 e. The lowest BCUT2D eigenvalue weighted by molar-refractivity contribution is 0.681. The highest BCUT2D eigenvalue weighted by Crippen LogP contribution is 2.25. The van der Waals surface area contributed by atoms with Gasteiger partial charge in [0.15, 0.2) is 0 Å². The van der Waals surface area contributed by atoms with Crippen LogP contribution in [0.2, 0.25) is 5.28 Å². The second-order valence-corrected chi connectivity index (χ2v) is 4.74. The number of benzene rings is 1. The molecule has 0 radical (unpaired) electrons. The summed E-state index contributed by atoms with van der Waals surface area (Å²) in [5.74, 6) is 0.729. The number of halogens is 1. The largest absolute Gasteiger partial charge is 0.355 e. The van der Waals surface area contributed by atoms with Gasteiger partial charge in [0, 0.05) is 18.5 Å². The van der Waals surface area contributed by atoms with Crippen molar-refractivity contribution in [2.24, 2.45) is 5.92 Å². The smallest absolute Gasteiger partial charge is 0.224 e. The number of rotatable bonds is 4. The fraction of sp³-hybridized carbons (Fsp3) is 0.357. The lowest BCUT2D eigenvalue weighted by Gasteiger charge is -2.24. The average Bonchev–Trinajstić information content (AvgIpc) is 2.43. The Labute approximate surface area is 117 Å². The summed E-state index contributed by atoms with van der Waals surface area (Å²) in [7, 11) is 0. The normalized spacial score (nSPS) is 12.1. The third-order valence-electron chi connectivity index (χ3n) is 2.95. The number of nitrogens with zero attached hydrogens (tertiary/aromatic N) is 4. The Kier molecular flexibility index (Phi) is 4.18. The van der Waals surface area contributed by atoms with Gasteiger partial charge in [-0.05, 0) is 37.6 Å². The van der Waals surface area contributed by atoms with E-state index in [-0.39, 0.29) is 11.2 Å². The maximum absolute atomic E-state index is 8.96. The first-order chi connectivity index (χ1) is 9.15. The minimum absolute atomic E-state index is 0.0625. The quantitative estimate of drug-likeness (QED) is 0.803. The summed E-state index contributed by atoms with van der Waals surface area (Å²) in [4.78, 5) is 10.6. The van der Waals surface area contributed by atoms with Crippen LogP contribution in [0.4, 0.5) is 5.82 Å². The van der Waals surface area contributed by atoms with E-state index in [9.17, 15) is 0 Å². The van der Waals surface area contributed by atoms with Crippen LogP contribution in [0.1, 0.15) is 13.8 Å². The number of hydrogen-bond donors (Lipinski definition) is 0. The summed E-state index contributed by atoms with van der Waals surface area (Å²) in [5, 5.41) is 10.1. The lowest BCUT2D eigenvalue weighted by Crippen LogP contribution is -2.29. The molecule has 5 heteroatoms. The van der Waals surface area contributed by atoms with Gasteiger partial charge in [-0.2, -0.15) is 10.2 Å². The minimum atomic E-state index is -0.0625. The molecule has 2 aromatic rings. The van der Waals surface area contributed by atoms with Gasteiger partial charge in [-0.1, -0.05) is 12.1 Å². The molecule has 1 atom stereocenters. The molecular weight excluding hydrogens is 260 g/mol. The van der Waals surface area contributed by atoms with Crippen molar-refractivity contribution < 1.29 is 0 Å². The molecule has 1 unspecified atom stereocenters. The van der Waals surface area contributed by atoms with E-state index in [1.165, 1.54) is 0 Å². The second-order valence-electron chi connectivity index (χ2n) is 4.40. The SMILES string of the molecule is CCN(CC(C)C#N)c1nc(Cl)nc2ccccc12. The topological polar surface area (TPSA) is 52.8 Å². The Morgan fingerprint density at radius 3 is 2.79 bits per heavy atom. The van der Waals surface area contributed by atoms with Gasteiger partial charge in [0.2, 0.25) is 5.28 Å². The van der Waals surface area contributed by atoms with Gasteiger partial charge < -0.3 is 4.90 Å². The Hall–Kier alpha value is -1.86. The van der Waals surface area contributed by atoms with E-state index in [4.69, 9.17) is 16.9 Å². The van der Waals surface area contributed by atoms with Crippen molar-refractivity contribution in [2.45, 2.75) is 13.8 Å². The van der Waals surface area contributed by atoms with Crippen LogP contribution in [0.3, 0.4) is 0 Å². The molecule has 0 fully saturated rings. The first-order valence-electron chi connectivity index (χ1n) is 6.22. The molecule has 0 bridgehead atoms. The van der Waals surface area contributed by atoms with Gasteiger partial charge >= 0.3 is 0 Å². The molecule has 1 aromatic heterocycles. The monoisotopic (exact) mass is 274 g/mol. The van der Waals surface area contributed by atoms with Crippen molar-refractivity contribution in [2.75, 3.05) is 18.0 Å². The maximum Gasteiger partial charge on any atom is 0.224 e. The van der Waals surface area contributed by atoms with E-state index < -0.39 is 0 Å². The predicted octanol–water partition coefficient (Wildman–Crippen LogP) is 3.27. The van der Waals surface area contributed by atoms with Gasteiger partial charge in [0.1, 0.15) is 5.82 Å². The summed E-state index contributed by atoms with van der Waals surface area (Å²) in [5.41, 5.74) is 0.820. The van der Waals surface area contributed by atoms with E-state index in [0.29, 0.717) is 6.54 Å². The molecular formula is C14H15ClN4. The highest BCUT2D eigenvalue weighted by molar-refractivity contribution is 6.28. The van der Waals surface area contributed by atoms with Crippen LogP contribution in [0, 0.1) is 17.2 Å². The molecule has 98 valence electrons. The summed E-state index contributed by atoms with van der Waals surface area (Å²) in [6.45, 7) is 5.33. The number of nitriles is 1. The summed E-state index contributed by atoms with van der Waals surface area (Å²) in [6.07, 6.45) is 0. The number of anilines is 1. The fourth-order valence-electron chi connectivity index (χ4n) is 2.01. The van der Waals surface area contributed by atoms with Crippen molar-refractivity contribution in [3.63, 3.8) is 0 Å². The molecule has 0 spiro atoms. The summed E-state index contributed by atoms with van der Waals surface area (Å²) in [6, 6.07) is 10.00. The zero-order valence-electron chi connectivity index (χ0n) is 11.0. The standard InChI is InChI=1S/C14H15ClN4/c1-3-19(9-10(2)8-16)13-11-6-4-5-7-12(11)17-14(15)18-13/h4-7,10H,3,9H2,1-2H3. The third kappa shape index (κ3) is 2.94. The van der Waals surface area contributed by atoms with Crippen LogP contribution >= 0.6 is 11.6 Å². The predicted molar refractivity (Wildman–Crippen MR) is 77.2 cm³/mol. The number of fused-ring (bicyclic) bond motifs is 1. The molecule has 1 heterocycles. The Balaban J connectivity index is 2.50. The van der Waals surface area contributed by atoms with Crippen LogP contribution < -0.4 is 4.90 Å². The average molecular weight is 275 g/mol. The first kappa shape index (κ1) is 13.6. The van der Waals surface area contributed by atoms with Crippen molar-refractivity contribution >= 4 is 28.3 Å². The highest BCUT2D eigenvalue weighted by Gasteiger charge is 2.15. The molecule has 19 heavy (non-hydrogen) atoms. The lowest BCUT2D eigenvalue weighted by atomic mass is 10.1. The molecule has 1 aromatic carbocycles. The van der Waals surface area contributed by atoms with E-state index >= 15 is 0 Å². The molecule has 0 amide bonds. The first-order valence-corrected chi connectivity index (χ1v) is 6.60. The van der Waals surface area contributed by atoms with Gasteiger partial charge in [-0.25, -0.2) is 4.98 Å². The van der Waals surface area contributed by atoms with Crippen LogP contribution in [0.5, 0.6) is 0 Å². The van der Waals surface area contributed by atoms with Gasteiger partial charge in [0.05, 0.1) is 17.5 Å². The van der Waals surface area contributed by atoms with E-state index in [1.807, 2.05) is 38.1 Å². The van der Waals surface area contributed by atoms with Crippen LogP contribution in [0.15, 0.2) is 24.3 Å². The second kappa shape index (κ2) is 5.85. The van der Waals surface area contributed by atoms with Gasteiger partial charge in [-0.15, -0.1) is 0 Å². The van der Waals surface area contributed by atoms with E-state index in [1.54, 1.807) is 0 Å². The number of hydrogen-bond acceptors (Lipinski definition) is 4.